The molecule has 0 spiro atoms. The number of phosphoric acid groups is 1. The van der Waals surface area contributed by atoms with Crippen molar-refractivity contribution in [2.24, 2.45) is 0 Å². The summed E-state index contributed by atoms with van der Waals surface area (Å²) in [5, 5.41) is 3.06. The van der Waals surface area contributed by atoms with Crippen LogP contribution in [0.3, 0.4) is 0 Å². The molecule has 452 valence electrons. The van der Waals surface area contributed by atoms with E-state index in [4.69, 9.17) is 13.8 Å². The van der Waals surface area contributed by atoms with Gasteiger partial charge >= 0.3 is 13.8 Å². The highest BCUT2D eigenvalue weighted by molar-refractivity contribution is 7.47. The number of esters is 1. The highest BCUT2D eigenvalue weighted by atomic mass is 31.2. The molecule has 0 saturated heterocycles. The SMILES string of the molecule is CC/C=C\C/C=C\C/C=C\C/C=C\C/C=C\CCCCCCCCCCCC(=O)NC(COP(=O)(O)OCC[N+](C)(C)C)C(/C=C\CCCCCCCCCCCC)OC(=O)CCCCCCCCC/C=C\CCCCCC. The molecule has 0 rings (SSSR count). The van der Waals surface area contributed by atoms with Gasteiger partial charge in [-0.1, -0.05) is 254 Å². The summed E-state index contributed by atoms with van der Waals surface area (Å²) in [4.78, 5) is 37.8. The van der Waals surface area contributed by atoms with Crippen LogP contribution in [0.15, 0.2) is 85.1 Å². The van der Waals surface area contributed by atoms with Gasteiger partial charge in [-0.05, 0) is 102 Å². The predicted octanol–water partition coefficient (Wildman–Crippen LogP) is 20.2. The Bertz CT molecular complexity index is 1610. The molecule has 0 radical (unpaired) electrons. The molecule has 9 nitrogen and oxygen atoms in total. The average molecular weight is 1110 g/mol. The van der Waals surface area contributed by atoms with Crippen molar-refractivity contribution >= 4 is 19.7 Å². The van der Waals surface area contributed by atoms with Gasteiger partial charge in [-0.3, -0.25) is 18.6 Å². The number of allylic oxidation sites excluding steroid dienone is 13. The maximum atomic E-state index is 13.6. The number of nitrogens with zero attached hydrogens (tertiary/aromatic N) is 1. The minimum Gasteiger partial charge on any atom is -0.456 e. The largest absolute Gasteiger partial charge is 0.472 e. The first-order valence-corrected chi connectivity index (χ1v) is 33.9. The lowest BCUT2D eigenvalue weighted by Gasteiger charge is -2.27. The van der Waals surface area contributed by atoms with Crippen LogP contribution >= 0.6 is 7.82 Å². The van der Waals surface area contributed by atoms with Gasteiger partial charge < -0.3 is 19.4 Å². The Hall–Kier alpha value is -2.81. The Morgan fingerprint density at radius 2 is 0.821 bits per heavy atom. The predicted molar refractivity (Wildman–Crippen MR) is 337 cm³/mol. The van der Waals surface area contributed by atoms with Gasteiger partial charge in [0, 0.05) is 12.8 Å². The van der Waals surface area contributed by atoms with Gasteiger partial charge in [-0.2, -0.15) is 0 Å². The molecule has 3 atom stereocenters. The molecule has 0 saturated carbocycles. The summed E-state index contributed by atoms with van der Waals surface area (Å²) in [6, 6.07) is -0.857. The van der Waals surface area contributed by atoms with Crippen molar-refractivity contribution in [2.75, 3.05) is 40.9 Å². The molecule has 78 heavy (non-hydrogen) atoms. The van der Waals surface area contributed by atoms with Crippen LogP contribution in [-0.2, 0) is 27.9 Å². The standard InChI is InChI=1S/C68H123N2O7P/c1-7-10-13-16-19-22-25-28-30-31-32-33-34-35-36-37-38-39-41-42-45-48-51-54-57-60-67(71)69-65(64-76-78(73,74)75-63-62-70(4,5)6)66(59-56-53-50-47-44-27-24-21-18-15-12-9-3)77-68(72)61-58-55-52-49-46-43-40-29-26-23-20-17-14-11-8-2/h10,13,19,22-23,26,28,30,32-33,35-36,56,59,65-66H,7-9,11-12,14-18,20-21,24-25,27,29,31,34,37-55,57-58,60-64H2,1-6H3,(H-,69,71,73,74)/p+1/b13-10-,22-19-,26-23-,30-28-,33-32-,36-35-,59-56-. The first kappa shape index (κ1) is 75.2. The molecule has 0 aliphatic heterocycles. The second-order valence-electron chi connectivity index (χ2n) is 22.9. The first-order chi connectivity index (χ1) is 37.9. The third kappa shape index (κ3) is 57.9. The number of ether oxygens (including phenoxy) is 1. The molecule has 0 fully saturated rings. The lowest BCUT2D eigenvalue weighted by Crippen LogP contribution is -2.47. The van der Waals surface area contributed by atoms with Crippen LogP contribution < -0.4 is 5.32 Å². The molecular weight excluding hydrogens is 988 g/mol. The Morgan fingerprint density at radius 3 is 1.26 bits per heavy atom. The number of carbonyl (C=O) groups excluding carboxylic acids is 2. The van der Waals surface area contributed by atoms with Crippen molar-refractivity contribution in [1.29, 1.82) is 0 Å². The topological polar surface area (TPSA) is 111 Å². The number of rotatable bonds is 58. The van der Waals surface area contributed by atoms with Crippen molar-refractivity contribution in [2.45, 2.75) is 296 Å². The summed E-state index contributed by atoms with van der Waals surface area (Å²) in [7, 11) is 1.48. The normalized spacial score (nSPS) is 14.2. The summed E-state index contributed by atoms with van der Waals surface area (Å²) in [6.45, 7) is 6.89. The average Bonchev–Trinajstić information content (AvgIpc) is 3.40. The van der Waals surface area contributed by atoms with Crippen molar-refractivity contribution in [3.8, 4) is 0 Å². The third-order valence-corrected chi connectivity index (χ3v) is 15.1. The molecule has 0 aliphatic carbocycles. The number of phosphoric ester groups is 1. The van der Waals surface area contributed by atoms with E-state index in [1.807, 2.05) is 33.3 Å². The van der Waals surface area contributed by atoms with Gasteiger partial charge in [0.2, 0.25) is 5.91 Å². The van der Waals surface area contributed by atoms with E-state index < -0.39 is 20.0 Å². The Balaban J connectivity index is 5.15. The molecule has 0 heterocycles. The Kier molecular flexibility index (Phi) is 55.4. The van der Waals surface area contributed by atoms with E-state index in [1.165, 1.54) is 135 Å². The maximum absolute atomic E-state index is 13.6. The number of carbonyl (C=O) groups is 2. The van der Waals surface area contributed by atoms with E-state index in [1.54, 1.807) is 0 Å². The number of quaternary nitrogens is 1. The summed E-state index contributed by atoms with van der Waals surface area (Å²) < 4.78 is 30.7. The fourth-order valence-corrected chi connectivity index (χ4v) is 9.82. The zero-order chi connectivity index (χ0) is 57.2. The van der Waals surface area contributed by atoms with Gasteiger partial charge in [-0.25, -0.2) is 4.57 Å². The fourth-order valence-electron chi connectivity index (χ4n) is 9.08. The number of likely N-dealkylation sites (N-methyl/N-ethyl adjacent to an activating group) is 1. The van der Waals surface area contributed by atoms with Crippen molar-refractivity contribution in [1.82, 2.24) is 5.32 Å². The van der Waals surface area contributed by atoms with Crippen LogP contribution in [0.25, 0.3) is 0 Å². The quantitative estimate of drug-likeness (QED) is 0.0205. The van der Waals surface area contributed by atoms with Gasteiger partial charge in [0.15, 0.2) is 0 Å². The second kappa shape index (κ2) is 57.4. The van der Waals surface area contributed by atoms with Crippen LogP contribution in [0.2, 0.25) is 0 Å². The number of hydrogen-bond acceptors (Lipinski definition) is 6. The molecule has 0 aromatic heterocycles. The highest BCUT2D eigenvalue weighted by Gasteiger charge is 2.30. The molecule has 0 aliphatic rings. The molecule has 0 aromatic rings. The molecular formula is C68H124N2O7P+. The number of unbranched alkanes of at least 4 members (excludes halogenated alkanes) is 30. The number of nitrogens with one attached hydrogen (secondary N) is 1. The third-order valence-electron chi connectivity index (χ3n) is 14.1. The minimum atomic E-state index is -4.45. The van der Waals surface area contributed by atoms with E-state index in [0.29, 0.717) is 17.4 Å². The monoisotopic (exact) mass is 1110 g/mol. The van der Waals surface area contributed by atoms with E-state index in [0.717, 1.165) is 116 Å². The fraction of sp³-hybridized carbons (Fsp3) is 0.765. The van der Waals surface area contributed by atoms with E-state index in [2.05, 4.69) is 99.0 Å². The van der Waals surface area contributed by atoms with Crippen molar-refractivity contribution < 1.29 is 37.3 Å². The molecule has 0 bridgehead atoms. The van der Waals surface area contributed by atoms with Crippen molar-refractivity contribution in [3.05, 3.63) is 85.1 Å². The smallest absolute Gasteiger partial charge is 0.456 e. The zero-order valence-corrected chi connectivity index (χ0v) is 52.5. The lowest BCUT2D eigenvalue weighted by molar-refractivity contribution is -0.870. The molecule has 2 N–H and O–H groups in total. The van der Waals surface area contributed by atoms with Crippen LogP contribution in [0.1, 0.15) is 284 Å². The van der Waals surface area contributed by atoms with Crippen molar-refractivity contribution in [3.63, 3.8) is 0 Å². The maximum Gasteiger partial charge on any atom is 0.472 e. The summed E-state index contributed by atoms with van der Waals surface area (Å²) in [5.41, 5.74) is 0. The van der Waals surface area contributed by atoms with Gasteiger partial charge in [0.25, 0.3) is 0 Å². The molecule has 1 amide bonds. The van der Waals surface area contributed by atoms with E-state index in [-0.39, 0.29) is 31.5 Å². The highest BCUT2D eigenvalue weighted by Crippen LogP contribution is 2.43. The molecule has 3 unspecified atom stereocenters. The van der Waals surface area contributed by atoms with Crippen LogP contribution in [0.4, 0.5) is 0 Å². The lowest BCUT2D eigenvalue weighted by atomic mass is 10.0. The van der Waals surface area contributed by atoms with E-state index >= 15 is 0 Å². The van der Waals surface area contributed by atoms with Gasteiger partial charge in [-0.15, -0.1) is 0 Å². The Labute approximate surface area is 482 Å². The van der Waals surface area contributed by atoms with Crippen LogP contribution in [-0.4, -0.2) is 74.3 Å². The minimum absolute atomic E-state index is 0.0356. The van der Waals surface area contributed by atoms with Crippen LogP contribution in [0.5, 0.6) is 0 Å². The molecule has 10 heteroatoms. The number of amides is 1. The first-order valence-electron chi connectivity index (χ1n) is 32.4. The summed E-state index contributed by atoms with van der Waals surface area (Å²) in [5.74, 6) is -0.515. The van der Waals surface area contributed by atoms with Gasteiger partial charge in [0.1, 0.15) is 19.3 Å². The molecule has 0 aromatic carbocycles. The zero-order valence-electron chi connectivity index (χ0n) is 51.6. The second-order valence-corrected chi connectivity index (χ2v) is 24.4. The van der Waals surface area contributed by atoms with Crippen LogP contribution in [0, 0.1) is 0 Å². The van der Waals surface area contributed by atoms with Gasteiger partial charge in [0.05, 0.1) is 33.8 Å². The Morgan fingerprint density at radius 1 is 0.462 bits per heavy atom. The summed E-state index contributed by atoms with van der Waals surface area (Å²) >= 11 is 0. The number of hydrogen-bond donors (Lipinski definition) is 2. The van der Waals surface area contributed by atoms with E-state index in [9.17, 15) is 19.0 Å². The summed E-state index contributed by atoms with van der Waals surface area (Å²) in [6.07, 6.45) is 75.8.